The maximum absolute atomic E-state index is 5.84. The molecule has 0 saturated carbocycles. The lowest BCUT2D eigenvalue weighted by Gasteiger charge is -2.09. The van der Waals surface area contributed by atoms with Crippen molar-refractivity contribution in [2.75, 3.05) is 6.61 Å². The summed E-state index contributed by atoms with van der Waals surface area (Å²) < 4.78 is 5.72. The average molecular weight is 268 g/mol. The van der Waals surface area contributed by atoms with E-state index >= 15 is 0 Å². The summed E-state index contributed by atoms with van der Waals surface area (Å²) >= 11 is 7.59. The zero-order valence-corrected chi connectivity index (χ0v) is 11.2. The molecule has 2 aromatic heterocycles. The molecule has 4 heteroatoms. The number of halogens is 1. The van der Waals surface area contributed by atoms with E-state index in [1.54, 1.807) is 11.3 Å². The summed E-state index contributed by atoms with van der Waals surface area (Å²) in [7, 11) is 0. The van der Waals surface area contributed by atoms with Gasteiger partial charge in [-0.2, -0.15) is 0 Å². The Balaban J connectivity index is 1.94. The van der Waals surface area contributed by atoms with Gasteiger partial charge in [-0.3, -0.25) is 4.98 Å². The molecule has 2 nitrogen and oxygen atoms in total. The van der Waals surface area contributed by atoms with Crippen molar-refractivity contribution in [1.29, 1.82) is 0 Å². The molecule has 0 aliphatic heterocycles. The zero-order valence-electron chi connectivity index (χ0n) is 9.65. The predicted molar refractivity (Wildman–Crippen MR) is 72.0 cm³/mol. The summed E-state index contributed by atoms with van der Waals surface area (Å²) in [6.45, 7) is 2.61. The summed E-state index contributed by atoms with van der Waals surface area (Å²) in [5.74, 6) is 1.18. The Morgan fingerprint density at radius 3 is 2.94 bits per heavy atom. The largest absolute Gasteiger partial charge is 0.491 e. The van der Waals surface area contributed by atoms with Gasteiger partial charge >= 0.3 is 0 Å². The quantitative estimate of drug-likeness (QED) is 0.769. The first-order valence-corrected chi connectivity index (χ1v) is 6.88. The number of aryl methyl sites for hydroxylation is 1. The van der Waals surface area contributed by atoms with Crippen LogP contribution in [0.2, 0.25) is 0 Å². The summed E-state index contributed by atoms with van der Waals surface area (Å²) in [6, 6.07) is 8.05. The van der Waals surface area contributed by atoms with Gasteiger partial charge in [0.15, 0.2) is 0 Å². The molecule has 0 unspecified atom stereocenters. The van der Waals surface area contributed by atoms with Crippen LogP contribution in [-0.4, -0.2) is 11.6 Å². The number of thiophene rings is 1. The molecule has 0 N–H and O–H groups in total. The van der Waals surface area contributed by atoms with Crippen molar-refractivity contribution in [1.82, 2.24) is 4.98 Å². The number of nitrogens with zero attached hydrogens (tertiary/aromatic N) is 1. The highest BCUT2D eigenvalue weighted by atomic mass is 35.5. The summed E-state index contributed by atoms with van der Waals surface area (Å²) in [5.41, 5.74) is 1.78. The number of hydrogen-bond donors (Lipinski definition) is 0. The Hall–Kier alpha value is -1.06. The highest BCUT2D eigenvalue weighted by Gasteiger charge is 2.04. The van der Waals surface area contributed by atoms with Gasteiger partial charge in [0.05, 0.1) is 18.2 Å². The highest BCUT2D eigenvalue weighted by Crippen LogP contribution is 2.19. The summed E-state index contributed by atoms with van der Waals surface area (Å²) in [4.78, 5) is 5.68. The molecular formula is C13H14ClNOS. The summed E-state index contributed by atoms with van der Waals surface area (Å²) in [5, 5.41) is 2.08. The minimum atomic E-state index is 0.385. The Kier molecular flexibility index (Phi) is 4.40. The molecule has 0 aliphatic carbocycles. The molecule has 0 atom stereocenters. The van der Waals surface area contributed by atoms with Crippen LogP contribution in [0, 0.1) is 6.92 Å². The molecule has 0 aliphatic rings. The number of rotatable bonds is 5. The molecule has 2 rings (SSSR count). The maximum atomic E-state index is 5.84. The van der Waals surface area contributed by atoms with E-state index in [9.17, 15) is 0 Å². The molecule has 0 amide bonds. The lowest BCUT2D eigenvalue weighted by molar-refractivity contribution is 0.318. The molecule has 0 saturated heterocycles. The first kappa shape index (κ1) is 12.4. The third-order valence-corrected chi connectivity index (χ3v) is 3.57. The third kappa shape index (κ3) is 3.45. The van der Waals surface area contributed by atoms with E-state index in [1.165, 1.54) is 4.88 Å². The second-order valence-corrected chi connectivity index (χ2v) is 5.01. The number of hydrogen-bond acceptors (Lipinski definition) is 3. The predicted octanol–water partition coefficient (Wildman–Crippen LogP) is 3.81. The fourth-order valence-electron chi connectivity index (χ4n) is 1.54. The third-order valence-electron chi connectivity index (χ3n) is 2.38. The standard InChI is InChI=1S/C13H14ClNOS/c1-10-4-5-13(12(9-14)15-10)16-7-6-11-3-2-8-17-11/h2-5,8H,6-7,9H2,1H3. The minimum Gasteiger partial charge on any atom is -0.491 e. The SMILES string of the molecule is Cc1ccc(OCCc2cccs2)c(CCl)n1. The lowest BCUT2D eigenvalue weighted by atomic mass is 10.3. The van der Waals surface area contributed by atoms with Gasteiger partial charge in [0, 0.05) is 17.0 Å². The number of aromatic nitrogens is 1. The molecule has 0 aromatic carbocycles. The molecule has 2 heterocycles. The molecule has 2 aromatic rings. The van der Waals surface area contributed by atoms with Crippen molar-refractivity contribution >= 4 is 22.9 Å². The van der Waals surface area contributed by atoms with Crippen molar-refractivity contribution in [2.24, 2.45) is 0 Å². The maximum Gasteiger partial charge on any atom is 0.142 e. The van der Waals surface area contributed by atoms with Crippen LogP contribution in [0.25, 0.3) is 0 Å². The van der Waals surface area contributed by atoms with Crippen LogP contribution in [0.15, 0.2) is 29.6 Å². The molecular weight excluding hydrogens is 254 g/mol. The van der Waals surface area contributed by atoms with Gasteiger partial charge < -0.3 is 4.74 Å². The van der Waals surface area contributed by atoms with Crippen LogP contribution < -0.4 is 4.74 Å². The van der Waals surface area contributed by atoms with Gasteiger partial charge in [0.25, 0.3) is 0 Å². The second kappa shape index (κ2) is 6.03. The Bertz CT molecular complexity index is 470. The van der Waals surface area contributed by atoms with E-state index in [0.717, 1.165) is 23.6 Å². The number of ether oxygens (including phenoxy) is 1. The topological polar surface area (TPSA) is 22.1 Å². The first-order valence-electron chi connectivity index (χ1n) is 5.47. The van der Waals surface area contributed by atoms with E-state index in [-0.39, 0.29) is 0 Å². The van der Waals surface area contributed by atoms with E-state index in [0.29, 0.717) is 12.5 Å². The van der Waals surface area contributed by atoms with Crippen LogP contribution in [0.5, 0.6) is 5.75 Å². The number of alkyl halides is 1. The van der Waals surface area contributed by atoms with Crippen LogP contribution in [0.1, 0.15) is 16.3 Å². The smallest absolute Gasteiger partial charge is 0.142 e. The van der Waals surface area contributed by atoms with Gasteiger partial charge in [-0.15, -0.1) is 22.9 Å². The van der Waals surface area contributed by atoms with Crippen molar-refractivity contribution in [3.05, 3.63) is 45.9 Å². The number of pyridine rings is 1. The van der Waals surface area contributed by atoms with Crippen molar-refractivity contribution in [2.45, 2.75) is 19.2 Å². The van der Waals surface area contributed by atoms with Crippen molar-refractivity contribution in [3.8, 4) is 5.75 Å². The van der Waals surface area contributed by atoms with Crippen LogP contribution in [0.4, 0.5) is 0 Å². The van der Waals surface area contributed by atoms with Gasteiger partial charge in [-0.25, -0.2) is 0 Å². The van der Waals surface area contributed by atoms with E-state index in [4.69, 9.17) is 16.3 Å². The molecule has 0 fully saturated rings. The molecule has 0 radical (unpaired) electrons. The minimum absolute atomic E-state index is 0.385. The molecule has 0 spiro atoms. The van der Waals surface area contributed by atoms with Gasteiger partial charge in [0.1, 0.15) is 5.75 Å². The van der Waals surface area contributed by atoms with Crippen LogP contribution in [-0.2, 0) is 12.3 Å². The van der Waals surface area contributed by atoms with E-state index < -0.39 is 0 Å². The van der Waals surface area contributed by atoms with Gasteiger partial charge in [-0.05, 0) is 30.5 Å². The van der Waals surface area contributed by atoms with Crippen molar-refractivity contribution in [3.63, 3.8) is 0 Å². The van der Waals surface area contributed by atoms with E-state index in [2.05, 4.69) is 22.5 Å². The Morgan fingerprint density at radius 2 is 2.24 bits per heavy atom. The molecule has 17 heavy (non-hydrogen) atoms. The van der Waals surface area contributed by atoms with E-state index in [1.807, 2.05) is 19.1 Å². The Morgan fingerprint density at radius 1 is 1.35 bits per heavy atom. The van der Waals surface area contributed by atoms with Crippen LogP contribution >= 0.6 is 22.9 Å². The second-order valence-electron chi connectivity index (χ2n) is 3.71. The zero-order chi connectivity index (χ0) is 12.1. The summed E-state index contributed by atoms with van der Waals surface area (Å²) in [6.07, 6.45) is 0.924. The highest BCUT2D eigenvalue weighted by molar-refractivity contribution is 7.09. The normalized spacial score (nSPS) is 10.5. The fourth-order valence-corrected chi connectivity index (χ4v) is 2.42. The van der Waals surface area contributed by atoms with Gasteiger partial charge in [-0.1, -0.05) is 6.07 Å². The average Bonchev–Trinajstić information content (AvgIpc) is 2.84. The monoisotopic (exact) mass is 267 g/mol. The first-order chi connectivity index (χ1) is 8.29. The van der Waals surface area contributed by atoms with Crippen molar-refractivity contribution < 1.29 is 4.74 Å². The molecule has 0 bridgehead atoms. The lowest BCUT2D eigenvalue weighted by Crippen LogP contribution is -2.03. The van der Waals surface area contributed by atoms with Gasteiger partial charge in [0.2, 0.25) is 0 Å². The van der Waals surface area contributed by atoms with Crippen LogP contribution in [0.3, 0.4) is 0 Å². The molecule has 90 valence electrons. The Labute approximate surface area is 110 Å². The fraction of sp³-hybridized carbons (Fsp3) is 0.308.